The average molecular weight is 480 g/mol. The third-order valence-corrected chi connectivity index (χ3v) is 5.89. The first-order valence-electron chi connectivity index (χ1n) is 10.7. The highest BCUT2D eigenvalue weighted by Gasteiger charge is 2.35. The van der Waals surface area contributed by atoms with Gasteiger partial charge in [-0.25, -0.2) is 23.3 Å². The zero-order valence-electron chi connectivity index (χ0n) is 18.1. The van der Waals surface area contributed by atoms with E-state index < -0.39 is 18.6 Å². The molecule has 0 saturated heterocycles. The van der Waals surface area contributed by atoms with E-state index in [4.69, 9.17) is 0 Å². The second-order valence-electron chi connectivity index (χ2n) is 8.36. The molecule has 1 aliphatic carbocycles. The molecule has 34 heavy (non-hydrogen) atoms. The minimum Gasteiger partial charge on any atom is -0.371 e. The third kappa shape index (κ3) is 4.33. The summed E-state index contributed by atoms with van der Waals surface area (Å²) in [5.74, 6) is -1.87. The van der Waals surface area contributed by atoms with Crippen LogP contribution in [0.3, 0.4) is 0 Å². The number of nitrogens with one attached hydrogen (secondary N) is 2. The zero-order chi connectivity index (χ0) is 24.1. The minimum atomic E-state index is -4.40. The van der Waals surface area contributed by atoms with Crippen molar-refractivity contribution >= 4 is 28.4 Å². The smallest absolute Gasteiger partial charge is 0.371 e. The van der Waals surface area contributed by atoms with Gasteiger partial charge in [0.25, 0.3) is 0 Å². The molecule has 2 N–H and O–H groups in total. The summed E-state index contributed by atoms with van der Waals surface area (Å²) in [4.78, 5) is 12.9. The van der Waals surface area contributed by atoms with E-state index in [0.717, 1.165) is 10.9 Å². The molecule has 0 radical (unpaired) electrons. The van der Waals surface area contributed by atoms with E-state index in [2.05, 4.69) is 30.7 Å². The van der Waals surface area contributed by atoms with E-state index >= 15 is 0 Å². The fraction of sp³-hybridized carbons (Fsp3) is 0.429. The number of imidazole rings is 1. The molecule has 4 heterocycles. The molecule has 0 aliphatic heterocycles. The maximum atomic E-state index is 13.5. The molecule has 5 rings (SSSR count). The SMILES string of the molecule is CNc1nc(NC2CCC(F)(F)CC2)nn2ccc(-c3ccc4ncn(CC(F)(F)F)c4n3)c12. The molecule has 13 heteroatoms. The van der Waals surface area contributed by atoms with Gasteiger partial charge in [-0.1, -0.05) is 0 Å². The molecule has 0 atom stereocenters. The normalized spacial score (nSPS) is 16.9. The van der Waals surface area contributed by atoms with Crippen LogP contribution in [0.25, 0.3) is 27.9 Å². The van der Waals surface area contributed by atoms with Crippen molar-refractivity contribution in [3.05, 3.63) is 30.7 Å². The number of anilines is 2. The van der Waals surface area contributed by atoms with E-state index in [-0.39, 0.29) is 24.5 Å². The Hall–Kier alpha value is -3.51. The van der Waals surface area contributed by atoms with Gasteiger partial charge in [0.05, 0.1) is 12.0 Å². The molecule has 4 aromatic heterocycles. The van der Waals surface area contributed by atoms with Gasteiger partial charge in [0, 0.05) is 37.7 Å². The Bertz CT molecular complexity index is 1330. The summed E-state index contributed by atoms with van der Waals surface area (Å²) in [5.41, 5.74) is 2.11. The number of alkyl halides is 5. The summed E-state index contributed by atoms with van der Waals surface area (Å²) in [6.45, 7) is -1.19. The Morgan fingerprint density at radius 2 is 1.88 bits per heavy atom. The van der Waals surface area contributed by atoms with Crippen LogP contribution in [0, 0.1) is 0 Å². The second kappa shape index (κ2) is 8.06. The fourth-order valence-electron chi connectivity index (χ4n) is 4.23. The van der Waals surface area contributed by atoms with E-state index in [1.54, 1.807) is 36.0 Å². The van der Waals surface area contributed by atoms with Crippen LogP contribution in [-0.2, 0) is 6.54 Å². The summed E-state index contributed by atoms with van der Waals surface area (Å²) in [5, 5.41) is 10.6. The molecule has 1 saturated carbocycles. The van der Waals surface area contributed by atoms with E-state index in [0.29, 0.717) is 46.9 Å². The highest BCUT2D eigenvalue weighted by atomic mass is 19.4. The van der Waals surface area contributed by atoms with E-state index in [1.807, 2.05) is 0 Å². The van der Waals surface area contributed by atoms with Gasteiger partial charge in [0.1, 0.15) is 17.6 Å². The first kappa shape index (κ1) is 22.3. The first-order chi connectivity index (χ1) is 16.1. The van der Waals surface area contributed by atoms with Gasteiger partial charge in [-0.3, -0.25) is 0 Å². The lowest BCUT2D eigenvalue weighted by atomic mass is 9.92. The lowest BCUT2D eigenvalue weighted by Crippen LogP contribution is -2.32. The molecule has 0 bridgehead atoms. The van der Waals surface area contributed by atoms with Gasteiger partial charge in [0.15, 0.2) is 11.5 Å². The number of rotatable bonds is 5. The molecule has 1 fully saturated rings. The lowest BCUT2D eigenvalue weighted by molar-refractivity contribution is -0.140. The van der Waals surface area contributed by atoms with Crippen LogP contribution in [0.1, 0.15) is 25.7 Å². The van der Waals surface area contributed by atoms with Gasteiger partial charge in [0.2, 0.25) is 11.9 Å². The van der Waals surface area contributed by atoms with Crippen molar-refractivity contribution in [2.45, 2.75) is 50.4 Å². The topological polar surface area (TPSA) is 85.0 Å². The van der Waals surface area contributed by atoms with Gasteiger partial charge in [-0.2, -0.15) is 18.2 Å². The summed E-state index contributed by atoms with van der Waals surface area (Å²) < 4.78 is 68.2. The molecule has 0 spiro atoms. The predicted molar refractivity (Wildman–Crippen MR) is 116 cm³/mol. The maximum Gasteiger partial charge on any atom is 0.406 e. The quantitative estimate of drug-likeness (QED) is 0.402. The van der Waals surface area contributed by atoms with Crippen LogP contribution >= 0.6 is 0 Å². The Labute approximate surface area is 190 Å². The predicted octanol–water partition coefficient (Wildman–Crippen LogP) is 4.73. The number of pyridine rings is 1. The Kier molecular flexibility index (Phi) is 5.29. The number of nitrogens with zero attached hydrogens (tertiary/aromatic N) is 6. The molecule has 0 unspecified atom stereocenters. The monoisotopic (exact) mass is 480 g/mol. The van der Waals surface area contributed by atoms with Crippen molar-refractivity contribution in [2.24, 2.45) is 0 Å². The Balaban J connectivity index is 1.49. The van der Waals surface area contributed by atoms with Crippen molar-refractivity contribution in [3.8, 4) is 11.3 Å². The van der Waals surface area contributed by atoms with Crippen LogP contribution in [-0.4, -0.2) is 54.3 Å². The average Bonchev–Trinajstić information content (AvgIpc) is 3.37. The Morgan fingerprint density at radius 1 is 1.12 bits per heavy atom. The van der Waals surface area contributed by atoms with E-state index in [9.17, 15) is 22.0 Å². The summed E-state index contributed by atoms with van der Waals surface area (Å²) in [6, 6.07) is 4.88. The van der Waals surface area contributed by atoms with Crippen molar-refractivity contribution < 1.29 is 22.0 Å². The third-order valence-electron chi connectivity index (χ3n) is 5.89. The van der Waals surface area contributed by atoms with Gasteiger partial charge in [-0.15, -0.1) is 5.10 Å². The molecule has 180 valence electrons. The van der Waals surface area contributed by atoms with E-state index in [1.165, 1.54) is 0 Å². The molecule has 4 aromatic rings. The van der Waals surface area contributed by atoms with Crippen LogP contribution in [0.4, 0.5) is 33.7 Å². The van der Waals surface area contributed by atoms with Crippen LogP contribution in [0.2, 0.25) is 0 Å². The summed E-state index contributed by atoms with van der Waals surface area (Å²) >= 11 is 0. The first-order valence-corrected chi connectivity index (χ1v) is 10.7. The molecule has 8 nitrogen and oxygen atoms in total. The maximum absolute atomic E-state index is 13.5. The second-order valence-corrected chi connectivity index (χ2v) is 8.36. The molecule has 0 amide bonds. The van der Waals surface area contributed by atoms with Gasteiger partial charge < -0.3 is 15.2 Å². The molecular formula is C21H21F5N8. The fourth-order valence-corrected chi connectivity index (χ4v) is 4.23. The number of hydrogen-bond donors (Lipinski definition) is 2. The highest BCUT2D eigenvalue weighted by Crippen LogP contribution is 2.35. The van der Waals surface area contributed by atoms with Crippen molar-refractivity contribution in [3.63, 3.8) is 0 Å². The number of hydrogen-bond acceptors (Lipinski definition) is 6. The summed E-state index contributed by atoms with van der Waals surface area (Å²) in [7, 11) is 1.68. The van der Waals surface area contributed by atoms with Crippen LogP contribution < -0.4 is 10.6 Å². The number of halogens is 5. The van der Waals surface area contributed by atoms with Gasteiger partial charge >= 0.3 is 6.18 Å². The molecule has 0 aromatic carbocycles. The van der Waals surface area contributed by atoms with Gasteiger partial charge in [-0.05, 0) is 31.0 Å². The number of aromatic nitrogens is 6. The number of fused-ring (bicyclic) bond motifs is 2. The molecule has 1 aliphatic rings. The zero-order valence-corrected chi connectivity index (χ0v) is 18.1. The van der Waals surface area contributed by atoms with Crippen molar-refractivity contribution in [2.75, 3.05) is 17.7 Å². The molecular weight excluding hydrogens is 459 g/mol. The standard InChI is InChI=1S/C21H21F5N8/c1-27-17-16-13(14-2-3-15-18(30-14)33(11-28-15)10-21(24,25)26)6-9-34(16)32-19(31-17)29-12-4-7-20(22,23)8-5-12/h2-3,6,9,11-12H,4-5,7-8,10H2,1H3,(H2,27,29,31,32). The largest absolute Gasteiger partial charge is 0.406 e. The Morgan fingerprint density at radius 3 is 2.59 bits per heavy atom. The van der Waals surface area contributed by atoms with Crippen LogP contribution in [0.15, 0.2) is 30.7 Å². The van der Waals surface area contributed by atoms with Crippen molar-refractivity contribution in [1.82, 2.24) is 29.1 Å². The minimum absolute atomic E-state index is 0.119. The summed E-state index contributed by atoms with van der Waals surface area (Å²) in [6.07, 6.45) is -1.33. The highest BCUT2D eigenvalue weighted by molar-refractivity contribution is 5.89. The lowest BCUT2D eigenvalue weighted by Gasteiger charge is -2.28. The van der Waals surface area contributed by atoms with Crippen molar-refractivity contribution in [1.29, 1.82) is 0 Å². The van der Waals surface area contributed by atoms with Crippen LogP contribution in [0.5, 0.6) is 0 Å².